The van der Waals surface area contributed by atoms with E-state index in [1.807, 2.05) is 4.90 Å². The van der Waals surface area contributed by atoms with Crippen LogP contribution in [0.5, 0.6) is 0 Å². The average Bonchev–Trinajstić information content (AvgIpc) is 2.78. The highest BCUT2D eigenvalue weighted by Gasteiger charge is 2.24. The van der Waals surface area contributed by atoms with Gasteiger partial charge in [0.1, 0.15) is 5.82 Å². The van der Waals surface area contributed by atoms with Crippen molar-refractivity contribution in [2.75, 3.05) is 26.4 Å². The summed E-state index contributed by atoms with van der Waals surface area (Å²) in [5, 5.41) is 9.17. The van der Waals surface area contributed by atoms with Gasteiger partial charge < -0.3 is 9.84 Å². The lowest BCUT2D eigenvalue weighted by Gasteiger charge is -2.34. The summed E-state index contributed by atoms with van der Waals surface area (Å²) in [5.41, 5.74) is 0. The van der Waals surface area contributed by atoms with Crippen molar-refractivity contribution in [3.05, 3.63) is 18.2 Å². The molecular weight excluding hydrogens is 232 g/mol. The van der Waals surface area contributed by atoms with E-state index in [1.165, 1.54) is 12.4 Å². The third kappa shape index (κ3) is 2.80. The van der Waals surface area contributed by atoms with Gasteiger partial charge in [0.2, 0.25) is 0 Å². The molecule has 0 bridgehead atoms. The minimum absolute atomic E-state index is 0.0462. The van der Waals surface area contributed by atoms with Crippen LogP contribution in [0.15, 0.2) is 12.4 Å². The minimum Gasteiger partial charge on any atom is -0.395 e. The lowest BCUT2D eigenvalue weighted by atomic mass is 10.2. The summed E-state index contributed by atoms with van der Waals surface area (Å²) in [5.74, 6) is 0.306. The summed E-state index contributed by atoms with van der Waals surface area (Å²) in [4.78, 5) is 5.83. The van der Waals surface area contributed by atoms with Gasteiger partial charge in [-0.1, -0.05) is 0 Å². The molecule has 1 aromatic rings. The standard InChI is InChI=1S/C10H15F2N3O2/c11-10(12)15-2-1-13-9(15)5-14-3-4-17-7-8(14)6-16/h1-2,8,10,16H,3-7H2. The second-order valence-corrected chi connectivity index (χ2v) is 3.91. The highest BCUT2D eigenvalue weighted by molar-refractivity contribution is 4.94. The molecule has 2 heterocycles. The number of imidazole rings is 1. The molecule has 2 rings (SSSR count). The van der Waals surface area contributed by atoms with Crippen molar-refractivity contribution in [1.29, 1.82) is 0 Å². The van der Waals surface area contributed by atoms with Crippen molar-refractivity contribution in [1.82, 2.24) is 14.5 Å². The number of aromatic nitrogens is 2. The summed E-state index contributed by atoms with van der Waals surface area (Å²) >= 11 is 0. The molecule has 1 N–H and O–H groups in total. The summed E-state index contributed by atoms with van der Waals surface area (Å²) in [6.07, 6.45) is 2.62. The SMILES string of the molecule is OCC1COCCN1Cc1nccn1C(F)F. The Morgan fingerprint density at radius 1 is 1.59 bits per heavy atom. The lowest BCUT2D eigenvalue weighted by Crippen LogP contribution is -2.47. The van der Waals surface area contributed by atoms with Crippen molar-refractivity contribution < 1.29 is 18.6 Å². The predicted molar refractivity (Wildman–Crippen MR) is 55.6 cm³/mol. The zero-order valence-electron chi connectivity index (χ0n) is 9.30. The second kappa shape index (κ2) is 5.52. The molecule has 0 spiro atoms. The van der Waals surface area contributed by atoms with E-state index >= 15 is 0 Å². The Bertz CT molecular complexity index is 359. The van der Waals surface area contributed by atoms with Crippen LogP contribution in [0, 0.1) is 0 Å². The third-order valence-electron chi connectivity index (χ3n) is 2.86. The quantitative estimate of drug-likeness (QED) is 0.840. The van der Waals surface area contributed by atoms with Gasteiger partial charge in [-0.15, -0.1) is 0 Å². The van der Waals surface area contributed by atoms with Crippen LogP contribution in [-0.4, -0.2) is 52.0 Å². The molecule has 0 radical (unpaired) electrons. The normalized spacial score (nSPS) is 22.2. The number of aliphatic hydroxyl groups is 1. The highest BCUT2D eigenvalue weighted by atomic mass is 19.3. The molecular formula is C10H15F2N3O2. The highest BCUT2D eigenvalue weighted by Crippen LogP contribution is 2.16. The fraction of sp³-hybridized carbons (Fsp3) is 0.700. The van der Waals surface area contributed by atoms with Crippen LogP contribution in [0.1, 0.15) is 12.4 Å². The largest absolute Gasteiger partial charge is 0.395 e. The van der Waals surface area contributed by atoms with Crippen LogP contribution in [0.4, 0.5) is 8.78 Å². The van der Waals surface area contributed by atoms with E-state index in [0.29, 0.717) is 32.1 Å². The van der Waals surface area contributed by atoms with Crippen LogP contribution < -0.4 is 0 Å². The van der Waals surface area contributed by atoms with Crippen molar-refractivity contribution in [3.8, 4) is 0 Å². The summed E-state index contributed by atoms with van der Waals surface area (Å²) < 4.78 is 31.3. The molecule has 17 heavy (non-hydrogen) atoms. The molecule has 96 valence electrons. The number of nitrogens with zero attached hydrogens (tertiary/aromatic N) is 3. The third-order valence-corrected chi connectivity index (χ3v) is 2.86. The molecule has 1 aromatic heterocycles. The number of aliphatic hydroxyl groups excluding tert-OH is 1. The van der Waals surface area contributed by atoms with Gasteiger partial charge in [0, 0.05) is 18.9 Å². The van der Waals surface area contributed by atoms with Crippen LogP contribution in [0.2, 0.25) is 0 Å². The van der Waals surface area contributed by atoms with Crippen molar-refractivity contribution >= 4 is 0 Å². The predicted octanol–water partition coefficient (Wildman–Crippen LogP) is 0.471. The fourth-order valence-electron chi connectivity index (χ4n) is 1.89. The molecule has 0 saturated carbocycles. The van der Waals surface area contributed by atoms with Crippen molar-refractivity contribution in [3.63, 3.8) is 0 Å². The number of hydrogen-bond donors (Lipinski definition) is 1. The van der Waals surface area contributed by atoms with Crippen LogP contribution in [0.3, 0.4) is 0 Å². The van der Waals surface area contributed by atoms with Gasteiger partial charge in [0.15, 0.2) is 0 Å². The Balaban J connectivity index is 2.05. The van der Waals surface area contributed by atoms with E-state index in [4.69, 9.17) is 4.74 Å². The Labute approximate surface area is 97.6 Å². The molecule has 1 aliphatic heterocycles. The molecule has 0 aromatic carbocycles. The number of hydrogen-bond acceptors (Lipinski definition) is 4. The zero-order valence-corrected chi connectivity index (χ0v) is 9.30. The van der Waals surface area contributed by atoms with Crippen molar-refractivity contribution in [2.24, 2.45) is 0 Å². The van der Waals surface area contributed by atoms with Crippen LogP contribution in [0.25, 0.3) is 0 Å². The van der Waals surface area contributed by atoms with E-state index in [0.717, 1.165) is 4.57 Å². The van der Waals surface area contributed by atoms with E-state index < -0.39 is 6.55 Å². The number of halogens is 2. The number of morpholine rings is 1. The van der Waals surface area contributed by atoms with E-state index in [-0.39, 0.29) is 12.6 Å². The summed E-state index contributed by atoms with van der Waals surface area (Å²) in [7, 11) is 0. The molecule has 0 amide bonds. The van der Waals surface area contributed by atoms with E-state index in [9.17, 15) is 13.9 Å². The molecule has 1 fully saturated rings. The maximum atomic E-state index is 12.6. The van der Waals surface area contributed by atoms with E-state index in [1.54, 1.807) is 0 Å². The summed E-state index contributed by atoms with van der Waals surface area (Å²) in [6, 6.07) is -0.147. The Morgan fingerprint density at radius 3 is 3.12 bits per heavy atom. The fourth-order valence-corrected chi connectivity index (χ4v) is 1.89. The van der Waals surface area contributed by atoms with Gasteiger partial charge in [-0.3, -0.25) is 9.47 Å². The van der Waals surface area contributed by atoms with Gasteiger partial charge in [-0.25, -0.2) is 4.98 Å². The number of ether oxygens (including phenoxy) is 1. The second-order valence-electron chi connectivity index (χ2n) is 3.91. The molecule has 7 heteroatoms. The molecule has 1 aliphatic rings. The first-order chi connectivity index (χ1) is 8.22. The Hall–Kier alpha value is -1.05. The average molecular weight is 247 g/mol. The monoisotopic (exact) mass is 247 g/mol. The van der Waals surface area contributed by atoms with Crippen LogP contribution >= 0.6 is 0 Å². The van der Waals surface area contributed by atoms with Gasteiger partial charge in [-0.2, -0.15) is 8.78 Å². The van der Waals surface area contributed by atoms with Crippen LogP contribution in [-0.2, 0) is 11.3 Å². The van der Waals surface area contributed by atoms with Gasteiger partial charge >= 0.3 is 6.55 Å². The zero-order chi connectivity index (χ0) is 12.3. The minimum atomic E-state index is -2.58. The van der Waals surface area contributed by atoms with Crippen molar-refractivity contribution in [2.45, 2.75) is 19.1 Å². The Morgan fingerprint density at radius 2 is 2.41 bits per heavy atom. The number of rotatable bonds is 4. The molecule has 1 atom stereocenters. The molecule has 0 aliphatic carbocycles. The number of alkyl halides is 2. The topological polar surface area (TPSA) is 50.5 Å². The molecule has 1 unspecified atom stereocenters. The maximum Gasteiger partial charge on any atom is 0.319 e. The lowest BCUT2D eigenvalue weighted by molar-refractivity contribution is -0.0343. The first kappa shape index (κ1) is 12.4. The van der Waals surface area contributed by atoms with E-state index in [2.05, 4.69) is 4.98 Å². The molecule has 1 saturated heterocycles. The van der Waals surface area contributed by atoms with Gasteiger partial charge in [0.05, 0.1) is 32.4 Å². The smallest absolute Gasteiger partial charge is 0.319 e. The first-order valence-corrected chi connectivity index (χ1v) is 5.45. The maximum absolute atomic E-state index is 12.6. The van der Waals surface area contributed by atoms with Gasteiger partial charge in [0.25, 0.3) is 0 Å². The summed E-state index contributed by atoms with van der Waals surface area (Å²) in [6.45, 7) is -0.749. The molecule has 5 nitrogen and oxygen atoms in total. The van der Waals surface area contributed by atoms with Gasteiger partial charge in [-0.05, 0) is 0 Å². The first-order valence-electron chi connectivity index (χ1n) is 5.45. The Kier molecular flexibility index (Phi) is 4.03.